The molecule has 0 aliphatic rings. The zero-order valence-electron chi connectivity index (χ0n) is 12.1. The molecule has 0 saturated carbocycles. The van der Waals surface area contributed by atoms with E-state index in [9.17, 15) is 83.1 Å². The van der Waals surface area contributed by atoms with Gasteiger partial charge in [0.05, 0.1) is 0 Å². The van der Waals surface area contributed by atoms with Gasteiger partial charge < -0.3 is 0 Å². The third-order valence-electron chi connectivity index (χ3n) is 3.24. The van der Waals surface area contributed by atoms with Crippen molar-refractivity contribution < 1.29 is 87.6 Å². The first kappa shape index (κ1) is 27.7. The van der Waals surface area contributed by atoms with Crippen LogP contribution in [0.15, 0.2) is 0 Å². The molecule has 0 aliphatic carbocycles. The smallest absolute Gasteiger partial charge is 0.284 e. The summed E-state index contributed by atoms with van der Waals surface area (Å²) >= 11 is 0. The van der Waals surface area contributed by atoms with Crippen molar-refractivity contribution >= 4 is 10.1 Å². The van der Waals surface area contributed by atoms with Crippen LogP contribution in [0.5, 0.6) is 0 Å². The van der Waals surface area contributed by atoms with Crippen LogP contribution in [-0.4, -0.2) is 59.9 Å². The van der Waals surface area contributed by atoms with E-state index in [0.717, 1.165) is 0 Å². The van der Waals surface area contributed by atoms with Crippen LogP contribution < -0.4 is 0 Å². The van der Waals surface area contributed by atoms with Gasteiger partial charge in [-0.3, -0.25) is 4.55 Å². The molecule has 21 heteroatoms. The fourth-order valence-corrected chi connectivity index (χ4v) is 3.20. The van der Waals surface area contributed by atoms with Crippen molar-refractivity contribution in [2.24, 2.45) is 0 Å². The molecule has 1 atom stereocenters. The van der Waals surface area contributed by atoms with Crippen molar-refractivity contribution in [1.29, 1.82) is 0 Å². The van der Waals surface area contributed by atoms with E-state index in [0.29, 0.717) is 0 Å². The lowest BCUT2D eigenvalue weighted by Gasteiger charge is -2.48. The van der Waals surface area contributed by atoms with Crippen LogP contribution in [0.3, 0.4) is 0 Å². The van der Waals surface area contributed by atoms with Crippen molar-refractivity contribution in [3.8, 4) is 0 Å². The predicted octanol–water partition coefficient (Wildman–Crippen LogP) is 4.84. The van der Waals surface area contributed by atoms with Crippen LogP contribution >= 0.6 is 0 Å². The predicted molar refractivity (Wildman–Crippen MR) is 52.2 cm³/mol. The van der Waals surface area contributed by atoms with Crippen molar-refractivity contribution in [3.63, 3.8) is 0 Å². The average molecular weight is 500 g/mol. The highest BCUT2D eigenvalue weighted by atomic mass is 32.2. The van der Waals surface area contributed by atoms with Gasteiger partial charge in [-0.2, -0.15) is 78.7 Å². The fraction of sp³-hybridized carbons (Fsp3) is 1.00. The van der Waals surface area contributed by atoms with E-state index in [1.807, 2.05) is 0 Å². The number of hydrogen-bond donors (Lipinski definition) is 1. The molecule has 1 unspecified atom stereocenters. The van der Waals surface area contributed by atoms with Gasteiger partial charge in [0.25, 0.3) is 10.1 Å². The molecule has 0 amide bonds. The first-order valence-corrected chi connectivity index (χ1v) is 7.12. The lowest BCUT2D eigenvalue weighted by molar-refractivity contribution is -0.445. The molecule has 0 spiro atoms. The number of halogens is 17. The average Bonchev–Trinajstić information content (AvgIpc) is 2.29. The van der Waals surface area contributed by atoms with Gasteiger partial charge in [0.15, 0.2) is 0 Å². The lowest BCUT2D eigenvalue weighted by Crippen LogP contribution is -2.84. The van der Waals surface area contributed by atoms with Crippen molar-refractivity contribution in [2.45, 2.75) is 47.0 Å². The van der Waals surface area contributed by atoms with Gasteiger partial charge >= 0.3 is 47.0 Å². The van der Waals surface area contributed by atoms with E-state index in [-0.39, 0.29) is 0 Å². The maximum Gasteiger partial charge on any atom is 0.460 e. The third kappa shape index (κ3) is 3.26. The van der Waals surface area contributed by atoms with Crippen molar-refractivity contribution in [1.82, 2.24) is 0 Å². The van der Waals surface area contributed by atoms with E-state index < -0.39 is 57.1 Å². The summed E-state index contributed by atoms with van der Waals surface area (Å²) in [5.41, 5.74) is -9.35. The Morgan fingerprint density at radius 3 is 0.862 bits per heavy atom. The molecule has 0 saturated heterocycles. The first-order chi connectivity index (χ1) is 12.0. The molecular formula is C8HF17O3S. The molecule has 0 aromatic heterocycles. The highest BCUT2D eigenvalue weighted by Crippen LogP contribution is 2.68. The van der Waals surface area contributed by atoms with Crippen molar-refractivity contribution in [2.75, 3.05) is 0 Å². The Hall–Kier alpha value is -1.28. The summed E-state index contributed by atoms with van der Waals surface area (Å²) in [6, 6.07) is 0. The molecule has 1 N–H and O–H groups in total. The molecule has 176 valence electrons. The third-order valence-corrected chi connectivity index (χ3v) is 4.76. The van der Waals surface area contributed by atoms with Gasteiger partial charge in [0, 0.05) is 0 Å². The van der Waals surface area contributed by atoms with Crippen LogP contribution in [0.4, 0.5) is 74.6 Å². The normalized spacial score (nSPS) is 18.6. The Bertz CT molecular complexity index is 708. The summed E-state index contributed by atoms with van der Waals surface area (Å²) in [5.74, 6) is -17.8. The standard InChI is InChI=1S/C8HF17O3S/c9-1(5(14,15)16,3(10,11)4(12,13)8(23,24)25)2(6(17,18)19,7(20,21)22)29(26,27)28/h(H,26,27,28). The summed E-state index contributed by atoms with van der Waals surface area (Å²) in [6.07, 6.45) is -34.1. The number of hydrogen-bond acceptors (Lipinski definition) is 2. The summed E-state index contributed by atoms with van der Waals surface area (Å²) < 4.78 is 237. The minimum Gasteiger partial charge on any atom is -0.284 e. The minimum absolute atomic E-state index is 8.06. The maximum absolute atomic E-state index is 14.1. The van der Waals surface area contributed by atoms with Crippen LogP contribution in [0, 0.1) is 0 Å². The summed E-state index contributed by atoms with van der Waals surface area (Å²) in [5, 5.41) is 0. The Kier molecular flexibility index (Phi) is 6.08. The molecule has 0 aromatic carbocycles. The van der Waals surface area contributed by atoms with Gasteiger partial charge in [-0.1, -0.05) is 0 Å². The second-order valence-corrected chi connectivity index (χ2v) is 6.52. The summed E-state index contributed by atoms with van der Waals surface area (Å²) in [7, 11) is -9.00. The number of alkyl halides is 17. The minimum atomic E-state index is -9.35. The van der Waals surface area contributed by atoms with E-state index in [1.54, 1.807) is 0 Å². The molecule has 0 fully saturated rings. The quantitative estimate of drug-likeness (QED) is 0.444. The zero-order chi connectivity index (χ0) is 24.5. The zero-order valence-corrected chi connectivity index (χ0v) is 12.9. The van der Waals surface area contributed by atoms with E-state index in [1.165, 1.54) is 0 Å². The largest absolute Gasteiger partial charge is 0.460 e. The fourth-order valence-electron chi connectivity index (χ4n) is 2.01. The molecule has 0 aromatic rings. The maximum atomic E-state index is 14.1. The Morgan fingerprint density at radius 2 is 0.724 bits per heavy atom. The van der Waals surface area contributed by atoms with Crippen LogP contribution in [0.2, 0.25) is 0 Å². The molecule has 0 radical (unpaired) electrons. The monoisotopic (exact) mass is 500 g/mol. The molecule has 0 heterocycles. The van der Waals surface area contributed by atoms with Gasteiger partial charge in [-0.25, -0.2) is 4.39 Å². The van der Waals surface area contributed by atoms with Crippen LogP contribution in [-0.2, 0) is 10.1 Å². The van der Waals surface area contributed by atoms with Crippen molar-refractivity contribution in [3.05, 3.63) is 0 Å². The van der Waals surface area contributed by atoms with Gasteiger partial charge in [0.2, 0.25) is 0 Å². The molecule has 0 bridgehead atoms. The molecule has 3 nitrogen and oxygen atoms in total. The van der Waals surface area contributed by atoms with Gasteiger partial charge in [-0.05, 0) is 0 Å². The highest BCUT2D eigenvalue weighted by Gasteiger charge is 3.03. The second kappa shape index (κ2) is 6.36. The molecule has 0 rings (SSSR count). The van der Waals surface area contributed by atoms with E-state index >= 15 is 0 Å². The molecule has 0 aliphatic heterocycles. The summed E-state index contributed by atoms with van der Waals surface area (Å²) in [4.78, 5) is 0. The van der Waals surface area contributed by atoms with Gasteiger partial charge in [-0.15, -0.1) is 0 Å². The topological polar surface area (TPSA) is 54.4 Å². The number of rotatable bonds is 4. The Morgan fingerprint density at radius 1 is 0.448 bits per heavy atom. The first-order valence-electron chi connectivity index (χ1n) is 5.68. The Labute approximate surface area is 146 Å². The SMILES string of the molecule is O=S(=O)(O)C(C(F)(F)F)(C(F)(F)F)C(F)(C(F)(F)F)C(F)(F)C(F)(F)C(F)(F)F. The van der Waals surface area contributed by atoms with E-state index in [4.69, 9.17) is 4.55 Å². The molecular weight excluding hydrogens is 499 g/mol. The van der Waals surface area contributed by atoms with Gasteiger partial charge in [0.1, 0.15) is 0 Å². The Balaban J connectivity index is 8.15. The second-order valence-electron chi connectivity index (χ2n) is 4.95. The summed E-state index contributed by atoms with van der Waals surface area (Å²) in [6.45, 7) is 0. The van der Waals surface area contributed by atoms with E-state index in [2.05, 4.69) is 0 Å². The lowest BCUT2D eigenvalue weighted by atomic mass is 9.77. The highest BCUT2D eigenvalue weighted by molar-refractivity contribution is 7.87. The molecule has 29 heavy (non-hydrogen) atoms. The van der Waals surface area contributed by atoms with Crippen LogP contribution in [0.25, 0.3) is 0 Å². The van der Waals surface area contributed by atoms with Crippen LogP contribution in [0.1, 0.15) is 0 Å².